The van der Waals surface area contributed by atoms with Gasteiger partial charge in [-0.1, -0.05) is 30.3 Å². The molecule has 8 heteroatoms. The number of carbonyl (C=O) groups excluding carboxylic acids is 1. The van der Waals surface area contributed by atoms with E-state index in [-0.39, 0.29) is 23.4 Å². The number of fused-ring (bicyclic) bond motifs is 1. The number of nitrogens with zero attached hydrogens (tertiary/aromatic N) is 4. The number of piperidine rings is 1. The van der Waals surface area contributed by atoms with E-state index in [4.69, 9.17) is 14.8 Å². The standard InChI is InChI=1S/C32H37N5O3/c1-22-29-26(31(39)34-32(2)15-17-36(18-16-32)21-23-8-4-3-5-9-23)20-27(24-11-13-25(38)14-12-24)33-30(29)37(35-22)28-10-6-7-19-40-28/h3-5,8-9,11-14,20,28,38H,6-7,10,15-19,21H2,1-2H3,(H,34,39). The Morgan fingerprint density at radius 1 is 1.10 bits per heavy atom. The van der Waals surface area contributed by atoms with Crippen molar-refractivity contribution in [3.63, 3.8) is 0 Å². The van der Waals surface area contributed by atoms with E-state index in [1.807, 2.05) is 35.9 Å². The zero-order valence-electron chi connectivity index (χ0n) is 23.3. The van der Waals surface area contributed by atoms with E-state index in [1.165, 1.54) is 5.56 Å². The summed E-state index contributed by atoms with van der Waals surface area (Å²) in [6, 6.07) is 19.3. The van der Waals surface area contributed by atoms with Gasteiger partial charge in [-0.3, -0.25) is 9.69 Å². The number of aromatic nitrogens is 3. The second-order valence-electron chi connectivity index (χ2n) is 11.4. The number of hydrogen-bond acceptors (Lipinski definition) is 6. The molecule has 208 valence electrons. The molecular formula is C32H37N5O3. The monoisotopic (exact) mass is 539 g/mol. The van der Waals surface area contributed by atoms with Crippen molar-refractivity contribution in [1.29, 1.82) is 0 Å². The van der Waals surface area contributed by atoms with E-state index >= 15 is 0 Å². The molecule has 4 heterocycles. The minimum Gasteiger partial charge on any atom is -0.508 e. The van der Waals surface area contributed by atoms with Crippen molar-refractivity contribution in [2.24, 2.45) is 0 Å². The number of pyridine rings is 1. The Kier molecular flexibility index (Phi) is 7.29. The summed E-state index contributed by atoms with van der Waals surface area (Å²) in [6.07, 6.45) is 4.51. The Morgan fingerprint density at radius 3 is 2.55 bits per heavy atom. The molecule has 0 spiro atoms. The van der Waals surface area contributed by atoms with Gasteiger partial charge >= 0.3 is 0 Å². The van der Waals surface area contributed by atoms with Gasteiger partial charge in [0.1, 0.15) is 5.75 Å². The van der Waals surface area contributed by atoms with Crippen molar-refractivity contribution in [3.8, 4) is 17.0 Å². The molecule has 6 rings (SSSR count). The van der Waals surface area contributed by atoms with Crippen molar-refractivity contribution < 1.29 is 14.6 Å². The summed E-state index contributed by atoms with van der Waals surface area (Å²) in [7, 11) is 0. The van der Waals surface area contributed by atoms with Crippen LogP contribution in [0.4, 0.5) is 0 Å². The number of phenols is 1. The van der Waals surface area contributed by atoms with Crippen LogP contribution in [0.2, 0.25) is 0 Å². The van der Waals surface area contributed by atoms with Crippen LogP contribution in [0.15, 0.2) is 60.7 Å². The maximum absolute atomic E-state index is 14.0. The molecule has 0 radical (unpaired) electrons. The molecule has 2 aromatic carbocycles. The van der Waals surface area contributed by atoms with Crippen molar-refractivity contribution in [2.45, 2.75) is 64.3 Å². The fourth-order valence-corrected chi connectivity index (χ4v) is 5.90. The Bertz CT molecular complexity index is 1480. The fourth-order valence-electron chi connectivity index (χ4n) is 5.90. The second-order valence-corrected chi connectivity index (χ2v) is 11.4. The number of benzene rings is 2. The van der Waals surface area contributed by atoms with Crippen LogP contribution in [0.5, 0.6) is 5.75 Å². The number of nitrogens with one attached hydrogen (secondary N) is 1. The lowest BCUT2D eigenvalue weighted by Gasteiger charge is -2.40. The molecule has 0 bridgehead atoms. The molecule has 2 fully saturated rings. The molecule has 8 nitrogen and oxygen atoms in total. The predicted octanol–water partition coefficient (Wildman–Crippen LogP) is 5.60. The maximum atomic E-state index is 14.0. The molecule has 1 amide bonds. The lowest BCUT2D eigenvalue weighted by molar-refractivity contribution is -0.0371. The van der Waals surface area contributed by atoms with Crippen molar-refractivity contribution in [3.05, 3.63) is 77.5 Å². The van der Waals surface area contributed by atoms with Crippen LogP contribution in [-0.4, -0.2) is 55.9 Å². The van der Waals surface area contributed by atoms with E-state index < -0.39 is 0 Å². The summed E-state index contributed by atoms with van der Waals surface area (Å²) in [4.78, 5) is 21.5. The molecule has 2 aromatic heterocycles. The Labute approximate surface area is 235 Å². The highest BCUT2D eigenvalue weighted by Crippen LogP contribution is 2.33. The summed E-state index contributed by atoms with van der Waals surface area (Å²) >= 11 is 0. The zero-order valence-corrected chi connectivity index (χ0v) is 23.3. The molecule has 40 heavy (non-hydrogen) atoms. The van der Waals surface area contributed by atoms with Gasteiger partial charge in [0.15, 0.2) is 11.9 Å². The van der Waals surface area contributed by atoms with E-state index in [0.717, 1.165) is 68.4 Å². The molecular weight excluding hydrogens is 502 g/mol. The van der Waals surface area contributed by atoms with E-state index in [9.17, 15) is 9.90 Å². The van der Waals surface area contributed by atoms with Gasteiger partial charge < -0.3 is 15.2 Å². The normalized spacial score (nSPS) is 19.5. The highest BCUT2D eigenvalue weighted by Gasteiger charge is 2.33. The average molecular weight is 540 g/mol. The Hall–Kier alpha value is -3.75. The number of likely N-dealkylation sites (tertiary alicyclic amines) is 1. The minimum absolute atomic E-state index is 0.112. The topological polar surface area (TPSA) is 92.5 Å². The van der Waals surface area contributed by atoms with Crippen molar-refractivity contribution in [1.82, 2.24) is 25.0 Å². The van der Waals surface area contributed by atoms with Gasteiger partial charge in [0.05, 0.1) is 22.3 Å². The Balaban J connectivity index is 1.30. The second kappa shape index (κ2) is 11.0. The van der Waals surface area contributed by atoms with Gasteiger partial charge in [-0.2, -0.15) is 5.10 Å². The minimum atomic E-state index is -0.311. The smallest absolute Gasteiger partial charge is 0.252 e. The fraction of sp³-hybridized carbons (Fsp3) is 0.406. The molecule has 0 saturated carbocycles. The van der Waals surface area contributed by atoms with Crippen LogP contribution in [0.1, 0.15) is 66.9 Å². The molecule has 2 aliphatic rings. The Morgan fingerprint density at radius 2 is 1.85 bits per heavy atom. The molecule has 2 N–H and O–H groups in total. The number of rotatable bonds is 6. The summed E-state index contributed by atoms with van der Waals surface area (Å²) in [5.74, 6) is 0.0736. The molecule has 1 atom stereocenters. The molecule has 0 aliphatic carbocycles. The SMILES string of the molecule is Cc1nn(C2CCCCO2)c2nc(-c3ccc(O)cc3)cc(C(=O)NC3(C)CCN(Cc4ccccc4)CC3)c12. The quantitative estimate of drug-likeness (QED) is 0.332. The van der Waals surface area contributed by atoms with Crippen LogP contribution < -0.4 is 5.32 Å². The van der Waals surface area contributed by atoms with E-state index in [0.29, 0.717) is 23.5 Å². The predicted molar refractivity (Wildman–Crippen MR) is 155 cm³/mol. The summed E-state index contributed by atoms with van der Waals surface area (Å²) in [5, 5.41) is 18.8. The zero-order chi connectivity index (χ0) is 27.7. The lowest BCUT2D eigenvalue weighted by atomic mass is 9.88. The number of amides is 1. The van der Waals surface area contributed by atoms with Gasteiger partial charge in [-0.15, -0.1) is 0 Å². The number of carbonyl (C=O) groups is 1. The van der Waals surface area contributed by atoms with Crippen LogP contribution in [-0.2, 0) is 11.3 Å². The molecule has 2 aliphatic heterocycles. The van der Waals surface area contributed by atoms with Gasteiger partial charge in [0.25, 0.3) is 5.91 Å². The van der Waals surface area contributed by atoms with Crippen LogP contribution in [0.3, 0.4) is 0 Å². The highest BCUT2D eigenvalue weighted by atomic mass is 16.5. The van der Waals surface area contributed by atoms with E-state index in [2.05, 4.69) is 41.4 Å². The third-order valence-corrected chi connectivity index (χ3v) is 8.30. The van der Waals surface area contributed by atoms with Gasteiger partial charge in [0, 0.05) is 37.3 Å². The van der Waals surface area contributed by atoms with Gasteiger partial charge in [-0.05, 0) is 81.8 Å². The number of ether oxygens (including phenoxy) is 1. The van der Waals surface area contributed by atoms with Gasteiger partial charge in [-0.25, -0.2) is 9.67 Å². The first-order valence-corrected chi connectivity index (χ1v) is 14.3. The highest BCUT2D eigenvalue weighted by molar-refractivity contribution is 6.07. The first-order valence-electron chi connectivity index (χ1n) is 14.3. The molecule has 2 saturated heterocycles. The first-order chi connectivity index (χ1) is 19.4. The number of phenolic OH excluding ortho intramolecular Hbond substituents is 1. The van der Waals surface area contributed by atoms with Gasteiger partial charge in [0.2, 0.25) is 0 Å². The molecule has 4 aromatic rings. The third kappa shape index (κ3) is 5.46. The van der Waals surface area contributed by atoms with Crippen LogP contribution >= 0.6 is 0 Å². The van der Waals surface area contributed by atoms with Crippen LogP contribution in [0.25, 0.3) is 22.3 Å². The first kappa shape index (κ1) is 26.5. The largest absolute Gasteiger partial charge is 0.508 e. The number of aromatic hydroxyl groups is 1. The van der Waals surface area contributed by atoms with E-state index in [1.54, 1.807) is 12.1 Å². The van der Waals surface area contributed by atoms with Crippen LogP contribution in [0, 0.1) is 6.92 Å². The summed E-state index contributed by atoms with van der Waals surface area (Å²) in [5.41, 5.74) is 4.48. The average Bonchev–Trinajstić information content (AvgIpc) is 3.31. The summed E-state index contributed by atoms with van der Waals surface area (Å²) < 4.78 is 7.91. The van der Waals surface area contributed by atoms with Crippen molar-refractivity contribution >= 4 is 16.9 Å². The molecule has 1 unspecified atom stereocenters. The number of hydrogen-bond donors (Lipinski definition) is 2. The maximum Gasteiger partial charge on any atom is 0.252 e. The number of aryl methyl sites for hydroxylation is 1. The third-order valence-electron chi connectivity index (χ3n) is 8.30. The van der Waals surface area contributed by atoms with Crippen molar-refractivity contribution in [2.75, 3.05) is 19.7 Å². The lowest BCUT2D eigenvalue weighted by Crippen LogP contribution is -2.53. The summed E-state index contributed by atoms with van der Waals surface area (Å²) in [6.45, 7) is 7.54.